The molecule has 0 heterocycles. The Hall–Kier alpha value is -0.310. The summed E-state index contributed by atoms with van der Waals surface area (Å²) >= 11 is 11.1. The smallest absolute Gasteiger partial charge is 0.137 e. The monoisotopic (exact) mass is 213 g/mol. The summed E-state index contributed by atoms with van der Waals surface area (Å²) in [6.07, 6.45) is 0. The van der Waals surface area contributed by atoms with Gasteiger partial charge in [-0.1, -0.05) is 23.2 Å². The van der Waals surface area contributed by atoms with Crippen LogP contribution in [0.3, 0.4) is 0 Å². The number of phenolic OH excluding ortho intramolecular Hbond substituents is 1. The van der Waals surface area contributed by atoms with Gasteiger partial charge in [-0.3, -0.25) is 0 Å². The van der Waals surface area contributed by atoms with Crippen molar-refractivity contribution in [3.8, 4) is 5.75 Å². The van der Waals surface area contributed by atoms with Gasteiger partial charge in [0.25, 0.3) is 0 Å². The quantitative estimate of drug-likeness (QED) is 0.652. The molecule has 0 unspecified atom stereocenters. The van der Waals surface area contributed by atoms with Crippen LogP contribution in [-0.2, 0) is 0 Å². The Morgan fingerprint density at radius 1 is 1.27 bits per heavy atom. The van der Waals surface area contributed by atoms with E-state index in [1.165, 1.54) is 12.1 Å². The van der Waals surface area contributed by atoms with Gasteiger partial charge in [0.1, 0.15) is 10.8 Å². The van der Waals surface area contributed by atoms with Crippen LogP contribution in [0.15, 0.2) is 12.1 Å². The second kappa shape index (κ2) is 3.90. The SMILES string of the molecule is Cl.Nc1cc(O)c(Cl)c(Cl)c1. The Balaban J connectivity index is 0.000001000. The molecule has 0 atom stereocenters. The molecule has 0 radical (unpaired) electrons. The van der Waals surface area contributed by atoms with Crippen LogP contribution in [0.25, 0.3) is 0 Å². The van der Waals surface area contributed by atoms with Crippen molar-refractivity contribution in [2.75, 3.05) is 5.73 Å². The van der Waals surface area contributed by atoms with Crippen LogP contribution in [-0.4, -0.2) is 5.11 Å². The highest BCUT2D eigenvalue weighted by Gasteiger charge is 2.03. The zero-order chi connectivity index (χ0) is 7.72. The van der Waals surface area contributed by atoms with Crippen molar-refractivity contribution in [2.45, 2.75) is 0 Å². The summed E-state index contributed by atoms with van der Waals surface area (Å²) in [5.74, 6) is -0.0910. The molecule has 0 bridgehead atoms. The number of anilines is 1. The van der Waals surface area contributed by atoms with Crippen molar-refractivity contribution >= 4 is 41.3 Å². The maximum atomic E-state index is 8.98. The molecule has 0 fully saturated rings. The van der Waals surface area contributed by atoms with Gasteiger partial charge in [0.2, 0.25) is 0 Å². The standard InChI is InChI=1S/C6H5Cl2NO.ClH/c7-4-1-3(9)2-5(10)6(4)8;/h1-2,10H,9H2;1H. The van der Waals surface area contributed by atoms with Gasteiger partial charge in [0, 0.05) is 11.8 Å². The molecule has 1 aromatic rings. The molecule has 1 rings (SSSR count). The van der Waals surface area contributed by atoms with Gasteiger partial charge in [-0.15, -0.1) is 12.4 Å². The Morgan fingerprint density at radius 2 is 1.82 bits per heavy atom. The predicted molar refractivity (Wildman–Crippen MR) is 49.8 cm³/mol. The van der Waals surface area contributed by atoms with Crippen LogP contribution >= 0.6 is 35.6 Å². The zero-order valence-electron chi connectivity index (χ0n) is 5.34. The molecule has 0 amide bonds. The molecule has 62 valence electrons. The Labute approximate surface area is 80.3 Å². The average molecular weight is 214 g/mol. The lowest BCUT2D eigenvalue weighted by Crippen LogP contribution is -1.83. The minimum Gasteiger partial charge on any atom is -0.506 e. The summed E-state index contributed by atoms with van der Waals surface area (Å²) in [6.45, 7) is 0. The van der Waals surface area contributed by atoms with Gasteiger partial charge in [-0.25, -0.2) is 0 Å². The lowest BCUT2D eigenvalue weighted by Gasteiger charge is -1.99. The van der Waals surface area contributed by atoms with Crippen molar-refractivity contribution in [1.29, 1.82) is 0 Å². The normalized spacial score (nSPS) is 8.91. The molecular weight excluding hydrogens is 208 g/mol. The first-order chi connectivity index (χ1) is 4.61. The number of benzene rings is 1. The molecule has 0 aliphatic carbocycles. The largest absolute Gasteiger partial charge is 0.506 e. The number of nitrogens with two attached hydrogens (primary N) is 1. The van der Waals surface area contributed by atoms with Crippen LogP contribution in [0.1, 0.15) is 0 Å². The molecule has 0 aromatic heterocycles. The van der Waals surface area contributed by atoms with E-state index in [0.29, 0.717) is 5.69 Å². The third kappa shape index (κ3) is 2.33. The fraction of sp³-hybridized carbons (Fsp3) is 0. The zero-order valence-corrected chi connectivity index (χ0v) is 7.67. The summed E-state index contributed by atoms with van der Waals surface area (Å²) in [4.78, 5) is 0. The molecule has 0 aliphatic heterocycles. The maximum absolute atomic E-state index is 8.98. The highest BCUT2D eigenvalue weighted by atomic mass is 35.5. The second-order valence-electron chi connectivity index (χ2n) is 1.84. The highest BCUT2D eigenvalue weighted by Crippen LogP contribution is 2.32. The fourth-order valence-corrected chi connectivity index (χ4v) is 0.927. The summed E-state index contributed by atoms with van der Waals surface area (Å²) in [7, 11) is 0. The van der Waals surface area contributed by atoms with Crippen LogP contribution in [0.2, 0.25) is 10.0 Å². The van der Waals surface area contributed by atoms with Crippen LogP contribution in [0, 0.1) is 0 Å². The van der Waals surface area contributed by atoms with Crippen molar-refractivity contribution in [2.24, 2.45) is 0 Å². The Bertz CT molecular complexity index is 241. The van der Waals surface area contributed by atoms with E-state index in [-0.39, 0.29) is 28.2 Å². The first-order valence-electron chi connectivity index (χ1n) is 2.54. The third-order valence-electron chi connectivity index (χ3n) is 1.03. The van der Waals surface area contributed by atoms with Gasteiger partial charge in [-0.05, 0) is 6.07 Å². The van der Waals surface area contributed by atoms with E-state index in [1.807, 2.05) is 0 Å². The predicted octanol–water partition coefficient (Wildman–Crippen LogP) is 2.70. The molecule has 0 spiro atoms. The van der Waals surface area contributed by atoms with E-state index in [4.69, 9.17) is 34.0 Å². The lowest BCUT2D eigenvalue weighted by molar-refractivity contribution is 0.476. The summed E-state index contributed by atoms with van der Waals surface area (Å²) in [5.41, 5.74) is 5.72. The molecule has 0 saturated heterocycles. The van der Waals surface area contributed by atoms with E-state index in [2.05, 4.69) is 0 Å². The highest BCUT2D eigenvalue weighted by molar-refractivity contribution is 6.43. The average Bonchev–Trinajstić information content (AvgIpc) is 1.82. The fourth-order valence-electron chi connectivity index (χ4n) is 0.595. The molecule has 5 heteroatoms. The molecular formula is C6H6Cl3NO. The van der Waals surface area contributed by atoms with Crippen molar-refractivity contribution in [3.05, 3.63) is 22.2 Å². The number of hydrogen-bond donors (Lipinski definition) is 2. The minimum absolute atomic E-state index is 0. The number of phenols is 1. The number of halogens is 3. The Morgan fingerprint density at radius 3 is 2.27 bits per heavy atom. The van der Waals surface area contributed by atoms with Crippen LogP contribution in [0.5, 0.6) is 5.75 Å². The lowest BCUT2D eigenvalue weighted by atomic mass is 10.3. The van der Waals surface area contributed by atoms with E-state index >= 15 is 0 Å². The molecule has 3 N–H and O–H groups in total. The number of aromatic hydroxyl groups is 1. The van der Waals surface area contributed by atoms with Gasteiger partial charge >= 0.3 is 0 Å². The van der Waals surface area contributed by atoms with Crippen molar-refractivity contribution in [1.82, 2.24) is 0 Å². The second-order valence-corrected chi connectivity index (χ2v) is 2.62. The first-order valence-corrected chi connectivity index (χ1v) is 3.30. The van der Waals surface area contributed by atoms with E-state index in [0.717, 1.165) is 0 Å². The topological polar surface area (TPSA) is 46.2 Å². The van der Waals surface area contributed by atoms with Gasteiger partial charge in [0.05, 0.1) is 5.02 Å². The molecule has 1 aromatic carbocycles. The molecule has 2 nitrogen and oxygen atoms in total. The third-order valence-corrected chi connectivity index (χ3v) is 1.82. The molecule has 11 heavy (non-hydrogen) atoms. The minimum atomic E-state index is -0.0910. The first kappa shape index (κ1) is 10.7. The van der Waals surface area contributed by atoms with E-state index in [9.17, 15) is 0 Å². The van der Waals surface area contributed by atoms with Crippen molar-refractivity contribution < 1.29 is 5.11 Å². The number of hydrogen-bond acceptors (Lipinski definition) is 2. The van der Waals surface area contributed by atoms with E-state index < -0.39 is 0 Å². The van der Waals surface area contributed by atoms with Crippen LogP contribution in [0.4, 0.5) is 5.69 Å². The van der Waals surface area contributed by atoms with Gasteiger partial charge < -0.3 is 10.8 Å². The molecule has 0 aliphatic rings. The summed E-state index contributed by atoms with van der Waals surface area (Å²) < 4.78 is 0. The molecule has 0 saturated carbocycles. The van der Waals surface area contributed by atoms with Gasteiger partial charge in [0.15, 0.2) is 0 Å². The maximum Gasteiger partial charge on any atom is 0.137 e. The summed E-state index contributed by atoms with van der Waals surface area (Å²) in [6, 6.07) is 2.82. The van der Waals surface area contributed by atoms with Crippen molar-refractivity contribution in [3.63, 3.8) is 0 Å². The number of nitrogen functional groups attached to an aromatic ring is 1. The summed E-state index contributed by atoms with van der Waals surface area (Å²) in [5, 5.41) is 9.38. The van der Waals surface area contributed by atoms with Gasteiger partial charge in [-0.2, -0.15) is 0 Å². The number of rotatable bonds is 0. The Kier molecular flexibility index (Phi) is 3.79. The van der Waals surface area contributed by atoms with E-state index in [1.54, 1.807) is 0 Å². The van der Waals surface area contributed by atoms with Crippen LogP contribution < -0.4 is 5.73 Å².